The number of halogens is 1. The van der Waals surface area contributed by atoms with Crippen LogP contribution in [0.5, 0.6) is 0 Å². The summed E-state index contributed by atoms with van der Waals surface area (Å²) < 4.78 is 18.6. The maximum atomic E-state index is 14.8. The fourth-order valence-electron chi connectivity index (χ4n) is 4.72. The van der Waals surface area contributed by atoms with Crippen LogP contribution in [0.25, 0.3) is 16.6 Å². The van der Waals surface area contributed by atoms with Crippen LogP contribution in [-0.4, -0.2) is 38.6 Å². The van der Waals surface area contributed by atoms with Gasteiger partial charge in [0, 0.05) is 38.3 Å². The predicted molar refractivity (Wildman–Crippen MR) is 144 cm³/mol. The molecule has 1 saturated carbocycles. The second kappa shape index (κ2) is 9.13. The van der Waals surface area contributed by atoms with Gasteiger partial charge in [0.1, 0.15) is 17.0 Å². The molecule has 0 unspecified atom stereocenters. The Labute approximate surface area is 217 Å². The first-order valence-electron chi connectivity index (χ1n) is 12.3. The topological polar surface area (TPSA) is 98.3 Å². The SMILES string of the molecule is Cc1ccc(Nc2c3c(=O)n(C4CC4)c(=O)n(-c4ccc(C(=O)N(C)C)cc4)c3c(C)c(=O)n2C)c(F)c1. The van der Waals surface area contributed by atoms with Crippen LogP contribution in [-0.2, 0) is 7.05 Å². The van der Waals surface area contributed by atoms with Crippen LogP contribution in [0, 0.1) is 19.7 Å². The highest BCUT2D eigenvalue weighted by Crippen LogP contribution is 2.34. The minimum atomic E-state index is -0.569. The standard InChI is InChI=1S/C28H28FN5O4/c1-15-6-13-21(20(29)14-15)30-24-22-23(16(2)25(35)32(24)5)33(28(38)34(27(22)37)19-11-12-19)18-9-7-17(8-10-18)26(36)31(3)4/h6-10,13-14,19,30H,11-12H2,1-5H3. The smallest absolute Gasteiger partial charge is 0.336 e. The van der Waals surface area contributed by atoms with Gasteiger partial charge in [-0.05, 0) is 68.7 Å². The number of rotatable bonds is 5. The van der Waals surface area contributed by atoms with Crippen molar-refractivity contribution in [2.24, 2.45) is 7.05 Å². The molecule has 196 valence electrons. The summed E-state index contributed by atoms with van der Waals surface area (Å²) in [7, 11) is 4.79. The molecule has 4 aromatic rings. The number of pyridine rings is 1. The van der Waals surface area contributed by atoms with E-state index in [9.17, 15) is 23.6 Å². The second-order valence-electron chi connectivity index (χ2n) is 9.94. The van der Waals surface area contributed by atoms with Crippen molar-refractivity contribution in [2.75, 3.05) is 19.4 Å². The molecule has 38 heavy (non-hydrogen) atoms. The first-order valence-corrected chi connectivity index (χ1v) is 12.3. The van der Waals surface area contributed by atoms with Crippen molar-refractivity contribution in [2.45, 2.75) is 32.7 Å². The molecule has 0 bridgehead atoms. The molecule has 0 spiro atoms. The number of nitrogens with zero attached hydrogens (tertiary/aromatic N) is 4. The molecule has 0 atom stereocenters. The molecule has 0 radical (unpaired) electrons. The highest BCUT2D eigenvalue weighted by atomic mass is 19.1. The molecule has 1 aliphatic carbocycles. The maximum Gasteiger partial charge on any atom is 0.336 e. The number of hydrogen-bond donors (Lipinski definition) is 1. The normalized spacial score (nSPS) is 13.1. The lowest BCUT2D eigenvalue weighted by Gasteiger charge is -2.21. The summed E-state index contributed by atoms with van der Waals surface area (Å²) in [6.07, 6.45) is 1.36. The van der Waals surface area contributed by atoms with E-state index >= 15 is 0 Å². The highest BCUT2D eigenvalue weighted by molar-refractivity contribution is 5.95. The van der Waals surface area contributed by atoms with Crippen LogP contribution in [0.15, 0.2) is 56.8 Å². The van der Waals surface area contributed by atoms with Gasteiger partial charge in [-0.2, -0.15) is 0 Å². The summed E-state index contributed by atoms with van der Waals surface area (Å²) in [6.45, 7) is 3.32. The van der Waals surface area contributed by atoms with Crippen LogP contribution in [0.4, 0.5) is 15.9 Å². The maximum absolute atomic E-state index is 14.8. The van der Waals surface area contributed by atoms with Gasteiger partial charge in [-0.15, -0.1) is 0 Å². The number of aryl methyl sites for hydroxylation is 2. The van der Waals surface area contributed by atoms with E-state index < -0.39 is 22.6 Å². The minimum absolute atomic E-state index is 0.0888. The largest absolute Gasteiger partial charge is 0.345 e. The Morgan fingerprint density at radius 2 is 1.66 bits per heavy atom. The molecule has 1 fully saturated rings. The van der Waals surface area contributed by atoms with E-state index in [1.54, 1.807) is 58.3 Å². The van der Waals surface area contributed by atoms with Gasteiger partial charge in [-0.1, -0.05) is 6.07 Å². The van der Waals surface area contributed by atoms with E-state index in [1.165, 1.54) is 37.8 Å². The Balaban J connectivity index is 1.86. The van der Waals surface area contributed by atoms with Crippen molar-refractivity contribution in [1.29, 1.82) is 0 Å². The van der Waals surface area contributed by atoms with E-state index in [-0.39, 0.29) is 39.9 Å². The number of carbonyl (C=O) groups excluding carboxylic acids is 1. The van der Waals surface area contributed by atoms with Gasteiger partial charge in [-0.3, -0.25) is 28.1 Å². The number of nitrogens with one attached hydrogen (secondary N) is 1. The zero-order valence-corrected chi connectivity index (χ0v) is 21.8. The summed E-state index contributed by atoms with van der Waals surface area (Å²) in [5.74, 6) is -0.651. The molecule has 5 rings (SSSR count). The number of aromatic nitrogens is 3. The number of fused-ring (bicyclic) bond motifs is 1. The molecule has 1 aliphatic rings. The van der Waals surface area contributed by atoms with Gasteiger partial charge >= 0.3 is 5.69 Å². The number of amides is 1. The summed E-state index contributed by atoms with van der Waals surface area (Å²) >= 11 is 0. The summed E-state index contributed by atoms with van der Waals surface area (Å²) in [5.41, 5.74) is 0.421. The van der Waals surface area contributed by atoms with E-state index in [2.05, 4.69) is 5.32 Å². The number of hydrogen-bond acceptors (Lipinski definition) is 5. The van der Waals surface area contributed by atoms with Gasteiger partial charge < -0.3 is 10.2 Å². The van der Waals surface area contributed by atoms with Gasteiger partial charge in [0.15, 0.2) is 0 Å². The lowest BCUT2D eigenvalue weighted by atomic mass is 10.1. The summed E-state index contributed by atoms with van der Waals surface area (Å²) in [6, 6.07) is 10.8. The monoisotopic (exact) mass is 517 g/mol. The molecule has 2 heterocycles. The molecule has 0 aliphatic heterocycles. The summed E-state index contributed by atoms with van der Waals surface area (Å²) in [4.78, 5) is 54.8. The van der Waals surface area contributed by atoms with E-state index in [0.717, 1.165) is 5.56 Å². The number of anilines is 2. The van der Waals surface area contributed by atoms with Crippen molar-refractivity contribution in [3.63, 3.8) is 0 Å². The summed E-state index contributed by atoms with van der Waals surface area (Å²) in [5, 5.41) is 3.05. The van der Waals surface area contributed by atoms with Crippen LogP contribution >= 0.6 is 0 Å². The Kier molecular flexibility index (Phi) is 6.05. The van der Waals surface area contributed by atoms with Gasteiger partial charge in [0.05, 0.1) is 16.9 Å². The molecule has 1 N–H and O–H groups in total. The van der Waals surface area contributed by atoms with Crippen molar-refractivity contribution < 1.29 is 9.18 Å². The lowest BCUT2D eigenvalue weighted by Crippen LogP contribution is -2.41. The molecule has 2 aromatic heterocycles. The first kappa shape index (κ1) is 25.2. The van der Waals surface area contributed by atoms with Gasteiger partial charge in [-0.25, -0.2) is 9.18 Å². The lowest BCUT2D eigenvalue weighted by molar-refractivity contribution is 0.0827. The van der Waals surface area contributed by atoms with Gasteiger partial charge in [0.2, 0.25) is 0 Å². The van der Waals surface area contributed by atoms with Crippen molar-refractivity contribution in [3.05, 3.63) is 96.2 Å². The Bertz CT molecular complexity index is 1790. The Morgan fingerprint density at radius 3 is 2.24 bits per heavy atom. The van der Waals surface area contributed by atoms with Crippen LogP contribution in [0.3, 0.4) is 0 Å². The average molecular weight is 518 g/mol. The van der Waals surface area contributed by atoms with Crippen molar-refractivity contribution >= 4 is 28.3 Å². The van der Waals surface area contributed by atoms with E-state index in [1.807, 2.05) is 0 Å². The second-order valence-corrected chi connectivity index (χ2v) is 9.94. The fraction of sp³-hybridized carbons (Fsp3) is 0.286. The molecule has 9 nitrogen and oxygen atoms in total. The Morgan fingerprint density at radius 1 is 1.00 bits per heavy atom. The quantitative estimate of drug-likeness (QED) is 0.438. The minimum Gasteiger partial charge on any atom is -0.345 e. The highest BCUT2D eigenvalue weighted by Gasteiger charge is 2.31. The molecule has 10 heteroatoms. The Hall–Kier alpha value is -4.47. The first-order chi connectivity index (χ1) is 18.0. The zero-order valence-electron chi connectivity index (χ0n) is 21.8. The third kappa shape index (κ3) is 4.02. The number of benzene rings is 2. The van der Waals surface area contributed by atoms with Crippen molar-refractivity contribution in [1.82, 2.24) is 18.6 Å². The molecular formula is C28H28FN5O4. The third-order valence-corrected chi connectivity index (χ3v) is 6.91. The van der Waals surface area contributed by atoms with Crippen LogP contribution in [0.1, 0.15) is 40.4 Å². The van der Waals surface area contributed by atoms with E-state index in [0.29, 0.717) is 24.1 Å². The fourth-order valence-corrected chi connectivity index (χ4v) is 4.72. The third-order valence-electron chi connectivity index (χ3n) is 6.91. The van der Waals surface area contributed by atoms with E-state index in [4.69, 9.17) is 0 Å². The van der Waals surface area contributed by atoms with Crippen LogP contribution in [0.2, 0.25) is 0 Å². The molecule has 0 saturated heterocycles. The predicted octanol–water partition coefficient (Wildman–Crippen LogP) is 3.39. The number of carbonyl (C=O) groups is 1. The van der Waals surface area contributed by atoms with Crippen molar-refractivity contribution in [3.8, 4) is 5.69 Å². The van der Waals surface area contributed by atoms with Crippen LogP contribution < -0.4 is 22.1 Å². The molecule has 1 amide bonds. The molecular weight excluding hydrogens is 489 g/mol. The zero-order chi connectivity index (χ0) is 27.5. The average Bonchev–Trinajstić information content (AvgIpc) is 3.71. The van der Waals surface area contributed by atoms with Gasteiger partial charge in [0.25, 0.3) is 17.0 Å². The molecule has 2 aromatic carbocycles.